The number of carboxylic acid groups (broad SMARTS) is 1. The minimum atomic E-state index is -1.04. The van der Waals surface area contributed by atoms with Crippen LogP contribution in [0, 0.1) is 0 Å². The second-order valence-corrected chi connectivity index (χ2v) is 8.22. The van der Waals surface area contributed by atoms with E-state index in [-0.39, 0.29) is 11.0 Å². The highest BCUT2D eigenvalue weighted by atomic mass is 79.9. The summed E-state index contributed by atoms with van der Waals surface area (Å²) in [5.74, 6) is -0.272. The van der Waals surface area contributed by atoms with Crippen molar-refractivity contribution in [3.63, 3.8) is 0 Å². The first-order valence-corrected chi connectivity index (χ1v) is 9.77. The lowest BCUT2D eigenvalue weighted by atomic mass is 9.87. The topological polar surface area (TPSA) is 87.7 Å². The summed E-state index contributed by atoms with van der Waals surface area (Å²) in [6.45, 7) is 7.36. The largest absolute Gasteiger partial charge is 0.492 e. The fraction of sp³-hybridized carbons (Fsp3) is 0.333. The van der Waals surface area contributed by atoms with Crippen LogP contribution >= 0.6 is 15.9 Å². The maximum absolute atomic E-state index is 11.9. The average Bonchev–Trinajstić information content (AvgIpc) is 2.62. The number of aromatic carboxylic acids is 1. The van der Waals surface area contributed by atoms with Gasteiger partial charge in [-0.2, -0.15) is 0 Å². The molecule has 0 radical (unpaired) electrons. The molecule has 2 aromatic carbocycles. The van der Waals surface area contributed by atoms with Crippen molar-refractivity contribution in [2.45, 2.75) is 32.6 Å². The highest BCUT2D eigenvalue weighted by Gasteiger charge is 2.15. The Kier molecular flexibility index (Phi) is 7.45. The van der Waals surface area contributed by atoms with Crippen molar-refractivity contribution in [3.05, 3.63) is 58.1 Å². The molecule has 28 heavy (non-hydrogen) atoms. The van der Waals surface area contributed by atoms with Crippen molar-refractivity contribution in [1.29, 1.82) is 0 Å². The third kappa shape index (κ3) is 6.56. The molecule has 6 nitrogen and oxygen atoms in total. The molecule has 0 spiro atoms. The highest BCUT2D eigenvalue weighted by molar-refractivity contribution is 9.10. The van der Waals surface area contributed by atoms with Crippen molar-refractivity contribution in [3.8, 4) is 5.75 Å². The number of carbonyl (C=O) groups excluding carboxylic acids is 1. The number of hydrogen-bond acceptors (Lipinski definition) is 3. The van der Waals surface area contributed by atoms with E-state index in [1.807, 2.05) is 6.07 Å². The molecule has 0 heterocycles. The molecule has 0 unspecified atom stereocenters. The van der Waals surface area contributed by atoms with Crippen molar-refractivity contribution >= 4 is 33.6 Å². The monoisotopic (exact) mass is 448 g/mol. The molecule has 2 amide bonds. The minimum absolute atomic E-state index is 0.0717. The van der Waals surface area contributed by atoms with Crippen LogP contribution in [0.1, 0.15) is 43.1 Å². The van der Waals surface area contributed by atoms with Gasteiger partial charge >= 0.3 is 12.0 Å². The first kappa shape index (κ1) is 21.8. The average molecular weight is 449 g/mol. The Balaban J connectivity index is 1.74. The molecule has 2 rings (SSSR count). The Morgan fingerprint density at radius 3 is 2.54 bits per heavy atom. The molecule has 0 aliphatic rings. The summed E-state index contributed by atoms with van der Waals surface area (Å²) >= 11 is 3.54. The number of ether oxygens (including phenoxy) is 1. The fourth-order valence-electron chi connectivity index (χ4n) is 2.45. The van der Waals surface area contributed by atoms with Crippen LogP contribution in [0.3, 0.4) is 0 Å². The number of benzene rings is 2. The van der Waals surface area contributed by atoms with Crippen molar-refractivity contribution in [2.75, 3.05) is 18.5 Å². The van der Waals surface area contributed by atoms with E-state index in [1.54, 1.807) is 12.1 Å². The van der Waals surface area contributed by atoms with Crippen LogP contribution in [0.25, 0.3) is 0 Å². The van der Waals surface area contributed by atoms with Gasteiger partial charge in [-0.1, -0.05) is 32.9 Å². The smallest absolute Gasteiger partial charge is 0.335 e. The van der Waals surface area contributed by atoms with E-state index in [0.29, 0.717) is 25.3 Å². The quantitative estimate of drug-likeness (QED) is 0.517. The summed E-state index contributed by atoms with van der Waals surface area (Å²) in [6.07, 6.45) is 0.635. The van der Waals surface area contributed by atoms with E-state index in [0.717, 1.165) is 10.2 Å². The number of nitrogens with one attached hydrogen (secondary N) is 2. The Labute approximate surface area is 173 Å². The predicted molar refractivity (Wildman–Crippen MR) is 113 cm³/mol. The number of urea groups is 1. The normalized spacial score (nSPS) is 11.0. The van der Waals surface area contributed by atoms with Gasteiger partial charge in [-0.05, 0) is 63.7 Å². The molecule has 0 bridgehead atoms. The van der Waals surface area contributed by atoms with Crippen LogP contribution in [-0.4, -0.2) is 30.3 Å². The molecule has 150 valence electrons. The second kappa shape index (κ2) is 9.59. The fourth-order valence-corrected chi connectivity index (χ4v) is 2.94. The van der Waals surface area contributed by atoms with E-state index in [1.165, 1.54) is 17.7 Å². The summed E-state index contributed by atoms with van der Waals surface area (Å²) in [5, 5.41) is 14.3. The van der Waals surface area contributed by atoms with E-state index in [9.17, 15) is 9.59 Å². The summed E-state index contributed by atoms with van der Waals surface area (Å²) < 4.78 is 6.67. The summed E-state index contributed by atoms with van der Waals surface area (Å²) in [4.78, 5) is 22.8. The van der Waals surface area contributed by atoms with Crippen LogP contribution in [0.5, 0.6) is 5.75 Å². The van der Waals surface area contributed by atoms with Gasteiger partial charge in [0.25, 0.3) is 0 Å². The standard InChI is InChI=1S/C21H25BrN2O4/c1-21(2,3)15-8-9-18(17(22)13-15)28-11-5-10-23-20(27)24-16-7-4-6-14(12-16)19(25)26/h4,6-9,12-13H,5,10-11H2,1-3H3,(H,25,26)(H2,23,24,27). The Morgan fingerprint density at radius 1 is 1.14 bits per heavy atom. The van der Waals surface area contributed by atoms with Gasteiger partial charge in [-0.15, -0.1) is 0 Å². The van der Waals surface area contributed by atoms with Crippen LogP contribution in [0.15, 0.2) is 46.9 Å². The second-order valence-electron chi connectivity index (χ2n) is 7.36. The SMILES string of the molecule is CC(C)(C)c1ccc(OCCCNC(=O)Nc2cccc(C(=O)O)c2)c(Br)c1. The molecular formula is C21H25BrN2O4. The summed E-state index contributed by atoms with van der Waals surface area (Å²) in [6, 6.07) is 11.8. The van der Waals surface area contributed by atoms with Gasteiger partial charge in [0.1, 0.15) is 5.75 Å². The first-order valence-electron chi connectivity index (χ1n) is 8.98. The van der Waals surface area contributed by atoms with Gasteiger partial charge in [0.2, 0.25) is 0 Å². The molecule has 0 saturated carbocycles. The van der Waals surface area contributed by atoms with E-state index >= 15 is 0 Å². The summed E-state index contributed by atoms with van der Waals surface area (Å²) in [5.41, 5.74) is 1.84. The zero-order valence-electron chi connectivity index (χ0n) is 16.2. The van der Waals surface area contributed by atoms with E-state index in [4.69, 9.17) is 9.84 Å². The van der Waals surface area contributed by atoms with Gasteiger partial charge in [-0.3, -0.25) is 0 Å². The number of rotatable bonds is 7. The molecule has 0 aromatic heterocycles. The summed E-state index contributed by atoms with van der Waals surface area (Å²) in [7, 11) is 0. The number of hydrogen-bond donors (Lipinski definition) is 3. The van der Waals surface area contributed by atoms with Gasteiger partial charge in [0.15, 0.2) is 0 Å². The number of carboxylic acids is 1. The van der Waals surface area contributed by atoms with Gasteiger partial charge in [-0.25, -0.2) is 9.59 Å². The van der Waals surface area contributed by atoms with Crippen molar-refractivity contribution in [2.24, 2.45) is 0 Å². The van der Waals surface area contributed by atoms with E-state index in [2.05, 4.69) is 59.5 Å². The van der Waals surface area contributed by atoms with Crippen LogP contribution in [-0.2, 0) is 5.41 Å². The lowest BCUT2D eigenvalue weighted by molar-refractivity contribution is 0.0697. The maximum atomic E-state index is 11.9. The van der Waals surface area contributed by atoms with Crippen molar-refractivity contribution < 1.29 is 19.4 Å². The maximum Gasteiger partial charge on any atom is 0.335 e. The van der Waals surface area contributed by atoms with Crippen LogP contribution in [0.2, 0.25) is 0 Å². The van der Waals surface area contributed by atoms with Gasteiger partial charge < -0.3 is 20.5 Å². The molecule has 0 aliphatic heterocycles. The van der Waals surface area contributed by atoms with Gasteiger partial charge in [0.05, 0.1) is 16.6 Å². The molecule has 0 atom stereocenters. The number of halogens is 1. The third-order valence-corrected chi connectivity index (χ3v) is 4.65. The first-order chi connectivity index (χ1) is 13.2. The predicted octanol–water partition coefficient (Wildman–Crippen LogP) is 5.04. The molecular weight excluding hydrogens is 424 g/mol. The van der Waals surface area contributed by atoms with Crippen LogP contribution < -0.4 is 15.4 Å². The molecule has 0 saturated heterocycles. The Hall–Kier alpha value is -2.54. The van der Waals surface area contributed by atoms with E-state index < -0.39 is 12.0 Å². The Morgan fingerprint density at radius 2 is 1.89 bits per heavy atom. The van der Waals surface area contributed by atoms with Crippen molar-refractivity contribution in [1.82, 2.24) is 5.32 Å². The lowest BCUT2D eigenvalue weighted by Crippen LogP contribution is -2.30. The lowest BCUT2D eigenvalue weighted by Gasteiger charge is -2.20. The molecule has 3 N–H and O–H groups in total. The number of carbonyl (C=O) groups is 2. The minimum Gasteiger partial charge on any atom is -0.492 e. The molecule has 0 fully saturated rings. The highest BCUT2D eigenvalue weighted by Crippen LogP contribution is 2.31. The number of anilines is 1. The zero-order valence-corrected chi connectivity index (χ0v) is 17.8. The Bertz CT molecular complexity index is 847. The molecule has 2 aromatic rings. The van der Waals surface area contributed by atoms with Crippen LogP contribution in [0.4, 0.5) is 10.5 Å². The molecule has 7 heteroatoms. The zero-order chi connectivity index (χ0) is 20.7. The molecule has 0 aliphatic carbocycles. The third-order valence-electron chi connectivity index (χ3n) is 4.03. The van der Waals surface area contributed by atoms with Gasteiger partial charge in [0, 0.05) is 12.2 Å². The number of amides is 2.